The molecule has 5 heterocycles. The molecule has 0 amide bonds. The zero-order valence-corrected chi connectivity index (χ0v) is 23.1. The molecule has 4 aliphatic heterocycles. The maximum atomic E-state index is 12.8. The molecule has 7 rings (SSSR count). The van der Waals surface area contributed by atoms with Crippen molar-refractivity contribution < 1.29 is 43.1 Å². The van der Waals surface area contributed by atoms with Crippen LogP contribution in [-0.4, -0.2) is 57.0 Å². The lowest BCUT2D eigenvalue weighted by Gasteiger charge is -2.72. The van der Waals surface area contributed by atoms with E-state index in [4.69, 9.17) is 28.1 Å². The standard InChI is InChI=1S/C29H38O9/c1-15(2)25-13-19-24(7,20(35-25)18-8-11-33-14-18)9-10-26(31)27(19)22(36-25)28(34-17(4)30)21(37-26)23(5,6)12-16(3)29(28,32)38-27/h8,11-12,14-15,19-22,31-32H,9-10,13H2,1-7H3. The van der Waals surface area contributed by atoms with E-state index in [1.807, 2.05) is 39.8 Å². The molecular weight excluding hydrogens is 492 g/mol. The monoisotopic (exact) mass is 530 g/mol. The van der Waals surface area contributed by atoms with Gasteiger partial charge in [-0.25, -0.2) is 0 Å². The minimum absolute atomic E-state index is 0.107. The molecule has 0 radical (unpaired) electrons. The lowest BCUT2D eigenvalue weighted by molar-refractivity contribution is -0.496. The van der Waals surface area contributed by atoms with Gasteiger partial charge in [0.15, 0.2) is 17.2 Å². The quantitative estimate of drug-likeness (QED) is 0.445. The highest BCUT2D eigenvalue weighted by Gasteiger charge is 2.94. The topological polar surface area (TPSA) is 117 Å². The second-order valence-corrected chi connectivity index (χ2v) is 13.6. The van der Waals surface area contributed by atoms with Crippen molar-refractivity contribution in [3.05, 3.63) is 35.8 Å². The van der Waals surface area contributed by atoms with Gasteiger partial charge in [0.05, 0.1) is 18.6 Å². The van der Waals surface area contributed by atoms with Crippen LogP contribution in [0.4, 0.5) is 0 Å². The molecule has 6 aliphatic rings. The molecule has 208 valence electrons. The van der Waals surface area contributed by atoms with Crippen molar-refractivity contribution in [1.29, 1.82) is 0 Å². The molecule has 2 aliphatic carbocycles. The van der Waals surface area contributed by atoms with Crippen LogP contribution in [-0.2, 0) is 28.5 Å². The first-order chi connectivity index (χ1) is 17.6. The first-order valence-electron chi connectivity index (χ1n) is 13.7. The largest absolute Gasteiger partial charge is 0.472 e. The summed E-state index contributed by atoms with van der Waals surface area (Å²) in [5, 5.41) is 25.1. The molecule has 2 N–H and O–H groups in total. The van der Waals surface area contributed by atoms with Crippen molar-refractivity contribution in [2.75, 3.05) is 0 Å². The van der Waals surface area contributed by atoms with Gasteiger partial charge in [0.2, 0.25) is 11.4 Å². The Balaban J connectivity index is 1.54. The van der Waals surface area contributed by atoms with Gasteiger partial charge < -0.3 is 38.3 Å². The molecular formula is C29H38O9. The Hall–Kier alpha value is -1.75. The van der Waals surface area contributed by atoms with Crippen LogP contribution in [0.25, 0.3) is 0 Å². The number of carbonyl (C=O) groups excluding carboxylic acids is 1. The molecule has 10 unspecified atom stereocenters. The summed E-state index contributed by atoms with van der Waals surface area (Å²) in [6.07, 6.45) is 4.00. The van der Waals surface area contributed by atoms with Gasteiger partial charge >= 0.3 is 5.97 Å². The van der Waals surface area contributed by atoms with E-state index in [0.717, 1.165) is 5.56 Å². The SMILES string of the molecule is CC(=O)OC12C3OC4(O)CCC5(C)C(c6ccoc6)OC6(C(C)C)CC5C4(OC1(O)C(C)=CC3(C)C)C2O6. The fraction of sp³-hybridized carbons (Fsp3) is 0.759. The summed E-state index contributed by atoms with van der Waals surface area (Å²) in [7, 11) is 0. The second-order valence-electron chi connectivity index (χ2n) is 13.6. The highest BCUT2D eigenvalue weighted by atomic mass is 16.8. The minimum atomic E-state index is -2.08. The zero-order chi connectivity index (χ0) is 27.3. The Morgan fingerprint density at radius 1 is 1.11 bits per heavy atom. The van der Waals surface area contributed by atoms with Gasteiger partial charge in [-0.3, -0.25) is 4.79 Å². The third-order valence-corrected chi connectivity index (χ3v) is 10.8. The van der Waals surface area contributed by atoms with Gasteiger partial charge in [-0.05, 0) is 25.0 Å². The number of carbonyl (C=O) groups is 1. The lowest BCUT2D eigenvalue weighted by Crippen LogP contribution is -2.86. The van der Waals surface area contributed by atoms with Crippen LogP contribution in [0.15, 0.2) is 34.7 Å². The summed E-state index contributed by atoms with van der Waals surface area (Å²) in [6, 6.07) is 1.90. The van der Waals surface area contributed by atoms with Crippen LogP contribution in [0.1, 0.15) is 79.4 Å². The molecule has 4 bridgehead atoms. The number of hydrogen-bond donors (Lipinski definition) is 2. The highest BCUT2D eigenvalue weighted by Crippen LogP contribution is 2.77. The number of rotatable bonds is 3. The summed E-state index contributed by atoms with van der Waals surface area (Å²) < 4.78 is 39.2. The molecule has 1 saturated carbocycles. The maximum Gasteiger partial charge on any atom is 0.303 e. The molecule has 10 atom stereocenters. The van der Waals surface area contributed by atoms with E-state index >= 15 is 0 Å². The van der Waals surface area contributed by atoms with Crippen LogP contribution in [0.3, 0.4) is 0 Å². The van der Waals surface area contributed by atoms with Crippen LogP contribution in [0.2, 0.25) is 0 Å². The summed E-state index contributed by atoms with van der Waals surface area (Å²) in [5.74, 6) is -6.04. The van der Waals surface area contributed by atoms with Gasteiger partial charge in [-0.1, -0.05) is 40.7 Å². The van der Waals surface area contributed by atoms with Crippen LogP contribution < -0.4 is 0 Å². The zero-order valence-electron chi connectivity index (χ0n) is 23.1. The first kappa shape index (κ1) is 25.2. The third-order valence-electron chi connectivity index (χ3n) is 10.8. The van der Waals surface area contributed by atoms with Gasteiger partial charge in [0, 0.05) is 48.0 Å². The average molecular weight is 531 g/mol. The highest BCUT2D eigenvalue weighted by molar-refractivity contribution is 5.68. The Morgan fingerprint density at radius 3 is 2.47 bits per heavy atom. The third kappa shape index (κ3) is 2.45. The van der Waals surface area contributed by atoms with Crippen LogP contribution in [0, 0.1) is 22.7 Å². The van der Waals surface area contributed by atoms with E-state index in [0.29, 0.717) is 18.4 Å². The lowest BCUT2D eigenvalue weighted by atomic mass is 9.47. The molecule has 38 heavy (non-hydrogen) atoms. The molecule has 4 saturated heterocycles. The van der Waals surface area contributed by atoms with Gasteiger partial charge in [-0.2, -0.15) is 0 Å². The summed E-state index contributed by atoms with van der Waals surface area (Å²) in [6.45, 7) is 13.2. The maximum absolute atomic E-state index is 12.8. The summed E-state index contributed by atoms with van der Waals surface area (Å²) >= 11 is 0. The first-order valence-corrected chi connectivity index (χ1v) is 13.7. The average Bonchev–Trinajstić information content (AvgIpc) is 3.41. The number of fused-ring (bicyclic) bond motifs is 1. The smallest absolute Gasteiger partial charge is 0.303 e. The Bertz CT molecular complexity index is 1240. The van der Waals surface area contributed by atoms with E-state index in [1.54, 1.807) is 19.5 Å². The van der Waals surface area contributed by atoms with Gasteiger partial charge in [0.25, 0.3) is 0 Å². The second kappa shape index (κ2) is 6.93. The fourth-order valence-electron chi connectivity index (χ4n) is 9.17. The number of esters is 1. The Kier molecular flexibility index (Phi) is 4.60. The fourth-order valence-corrected chi connectivity index (χ4v) is 9.17. The molecule has 5 fully saturated rings. The van der Waals surface area contributed by atoms with Crippen molar-refractivity contribution >= 4 is 5.97 Å². The van der Waals surface area contributed by atoms with Crippen molar-refractivity contribution in [2.24, 2.45) is 22.7 Å². The van der Waals surface area contributed by atoms with E-state index in [2.05, 4.69) is 6.92 Å². The van der Waals surface area contributed by atoms with Crippen LogP contribution in [0.5, 0.6) is 0 Å². The predicted octanol–water partition coefficient (Wildman–Crippen LogP) is 3.74. The normalized spacial score (nSPS) is 53.5. The number of hydrogen-bond acceptors (Lipinski definition) is 9. The molecule has 9 nitrogen and oxygen atoms in total. The molecule has 1 aromatic rings. The van der Waals surface area contributed by atoms with E-state index in [-0.39, 0.29) is 18.3 Å². The number of furan rings is 1. The Labute approximate surface area is 222 Å². The molecule has 1 spiro atoms. The van der Waals surface area contributed by atoms with Crippen molar-refractivity contribution in [2.45, 2.75) is 115 Å². The molecule has 0 aromatic carbocycles. The van der Waals surface area contributed by atoms with Gasteiger partial charge in [-0.15, -0.1) is 0 Å². The van der Waals surface area contributed by atoms with Gasteiger partial charge in [0.1, 0.15) is 12.2 Å². The Morgan fingerprint density at radius 2 is 1.84 bits per heavy atom. The molecule has 1 aromatic heterocycles. The summed E-state index contributed by atoms with van der Waals surface area (Å²) in [4.78, 5) is 12.8. The summed E-state index contributed by atoms with van der Waals surface area (Å²) in [5.41, 5.74) is -3.20. The van der Waals surface area contributed by atoms with Crippen molar-refractivity contribution in [1.82, 2.24) is 0 Å². The van der Waals surface area contributed by atoms with E-state index in [1.165, 1.54) is 6.92 Å². The number of aliphatic hydroxyl groups is 2. The number of ether oxygens (including phenoxy) is 5. The minimum Gasteiger partial charge on any atom is -0.472 e. The van der Waals surface area contributed by atoms with Crippen LogP contribution >= 0.6 is 0 Å². The van der Waals surface area contributed by atoms with E-state index < -0.39 is 63.7 Å². The van der Waals surface area contributed by atoms with E-state index in [9.17, 15) is 15.0 Å². The van der Waals surface area contributed by atoms with Crippen molar-refractivity contribution in [3.8, 4) is 0 Å². The molecule has 9 heteroatoms. The van der Waals surface area contributed by atoms with Crippen molar-refractivity contribution in [3.63, 3.8) is 0 Å². The predicted molar refractivity (Wildman–Crippen MR) is 131 cm³/mol.